The van der Waals surface area contributed by atoms with Crippen LogP contribution in [0.4, 0.5) is 5.82 Å². The molecule has 1 aromatic heterocycles. The summed E-state index contributed by atoms with van der Waals surface area (Å²) in [7, 11) is -6.95. The van der Waals surface area contributed by atoms with E-state index in [1.54, 1.807) is 0 Å². The Hall–Kier alpha value is -1.68. The van der Waals surface area contributed by atoms with Crippen LogP contribution in [0.5, 0.6) is 0 Å². The Balaban J connectivity index is 2.15. The van der Waals surface area contributed by atoms with Gasteiger partial charge in [-0.3, -0.25) is 4.72 Å². The fraction of sp³-hybridized carbons (Fsp3) is 0.455. The average molecular weight is 334 g/mol. The summed E-state index contributed by atoms with van der Waals surface area (Å²) in [4.78, 5) is 14.5. The van der Waals surface area contributed by atoms with E-state index in [0.29, 0.717) is 0 Å². The first-order valence-electron chi connectivity index (χ1n) is 6.12. The van der Waals surface area contributed by atoms with Crippen LogP contribution in [-0.2, 0) is 19.9 Å². The van der Waals surface area contributed by atoms with Crippen molar-refractivity contribution >= 4 is 31.6 Å². The zero-order valence-corrected chi connectivity index (χ0v) is 12.5. The molecule has 0 radical (unpaired) electrons. The first kappa shape index (κ1) is 15.7. The van der Waals surface area contributed by atoms with Gasteiger partial charge in [0, 0.05) is 0 Å². The molecule has 1 aromatic rings. The van der Waals surface area contributed by atoms with Crippen molar-refractivity contribution in [3.63, 3.8) is 0 Å². The average Bonchev–Trinajstić information content (AvgIpc) is 2.37. The highest BCUT2D eigenvalue weighted by molar-refractivity contribution is 7.94. The summed E-state index contributed by atoms with van der Waals surface area (Å²) in [6, 6.07) is 3.95. The number of rotatable bonds is 4. The molecule has 116 valence electrons. The predicted octanol–water partition coefficient (Wildman–Crippen LogP) is 0.0987. The van der Waals surface area contributed by atoms with Crippen LogP contribution in [0.3, 0.4) is 0 Å². The minimum atomic E-state index is -3.80. The van der Waals surface area contributed by atoms with Gasteiger partial charge in [0.05, 0.1) is 16.8 Å². The van der Waals surface area contributed by atoms with E-state index in [0.717, 1.165) is 0 Å². The van der Waals surface area contributed by atoms with E-state index in [1.165, 1.54) is 18.2 Å². The number of anilines is 1. The van der Waals surface area contributed by atoms with Gasteiger partial charge in [-0.25, -0.2) is 26.6 Å². The van der Waals surface area contributed by atoms with Crippen molar-refractivity contribution in [2.24, 2.45) is 0 Å². The van der Waals surface area contributed by atoms with E-state index in [9.17, 15) is 21.6 Å². The van der Waals surface area contributed by atoms with Crippen LogP contribution in [0.15, 0.2) is 18.2 Å². The van der Waals surface area contributed by atoms with Crippen LogP contribution in [0.2, 0.25) is 0 Å². The van der Waals surface area contributed by atoms with Gasteiger partial charge in [0.25, 0.3) is 0 Å². The lowest BCUT2D eigenvalue weighted by Crippen LogP contribution is -2.36. The fourth-order valence-corrected chi connectivity index (χ4v) is 5.24. The van der Waals surface area contributed by atoms with Crippen molar-refractivity contribution in [3.05, 3.63) is 23.9 Å². The number of aromatic nitrogens is 1. The molecule has 0 bridgehead atoms. The highest BCUT2D eigenvalue weighted by Crippen LogP contribution is 2.21. The summed E-state index contributed by atoms with van der Waals surface area (Å²) in [5, 5.41) is 7.98. The first-order chi connectivity index (χ1) is 9.70. The second-order valence-electron chi connectivity index (χ2n) is 4.71. The van der Waals surface area contributed by atoms with Crippen LogP contribution in [0.1, 0.15) is 23.3 Å². The zero-order chi connectivity index (χ0) is 15.7. The predicted molar refractivity (Wildman–Crippen MR) is 75.4 cm³/mol. The van der Waals surface area contributed by atoms with Crippen LogP contribution in [-0.4, -0.2) is 49.7 Å². The molecule has 21 heavy (non-hydrogen) atoms. The Morgan fingerprint density at radius 3 is 2.48 bits per heavy atom. The van der Waals surface area contributed by atoms with Crippen molar-refractivity contribution < 1.29 is 26.7 Å². The number of pyridine rings is 1. The summed E-state index contributed by atoms with van der Waals surface area (Å²) < 4.78 is 49.1. The molecule has 0 unspecified atom stereocenters. The lowest BCUT2D eigenvalue weighted by atomic mass is 10.2. The zero-order valence-electron chi connectivity index (χ0n) is 10.9. The molecule has 2 N–H and O–H groups in total. The van der Waals surface area contributed by atoms with Gasteiger partial charge in [0.1, 0.15) is 15.7 Å². The number of carboxylic acid groups (broad SMARTS) is 1. The molecule has 1 aliphatic rings. The van der Waals surface area contributed by atoms with E-state index < -0.39 is 31.1 Å². The number of carbonyl (C=O) groups is 1. The summed E-state index contributed by atoms with van der Waals surface area (Å²) in [5.74, 6) is -1.69. The molecule has 1 fully saturated rings. The van der Waals surface area contributed by atoms with Crippen molar-refractivity contribution in [1.29, 1.82) is 0 Å². The minimum absolute atomic E-state index is 0.0241. The number of nitrogens with one attached hydrogen (secondary N) is 1. The highest BCUT2D eigenvalue weighted by atomic mass is 32.2. The van der Waals surface area contributed by atoms with Gasteiger partial charge in [-0.1, -0.05) is 6.07 Å². The Morgan fingerprint density at radius 1 is 1.29 bits per heavy atom. The summed E-state index contributed by atoms with van der Waals surface area (Å²) in [5.41, 5.74) is -0.276. The molecule has 0 amide bonds. The summed E-state index contributed by atoms with van der Waals surface area (Å²) in [6.45, 7) is 0. The third-order valence-electron chi connectivity index (χ3n) is 3.16. The molecule has 0 spiro atoms. The van der Waals surface area contributed by atoms with Crippen LogP contribution < -0.4 is 4.72 Å². The molecule has 0 atom stereocenters. The lowest BCUT2D eigenvalue weighted by molar-refractivity contribution is 0.0690. The molecule has 1 aliphatic heterocycles. The van der Waals surface area contributed by atoms with E-state index in [-0.39, 0.29) is 35.9 Å². The summed E-state index contributed by atoms with van der Waals surface area (Å²) in [6.07, 6.45) is 0.0482. The minimum Gasteiger partial charge on any atom is -0.477 e. The number of hydrogen-bond acceptors (Lipinski definition) is 6. The number of sulfone groups is 1. The second kappa shape index (κ2) is 5.60. The quantitative estimate of drug-likeness (QED) is 0.798. The maximum Gasteiger partial charge on any atom is 0.354 e. The van der Waals surface area contributed by atoms with Crippen LogP contribution >= 0.6 is 0 Å². The van der Waals surface area contributed by atoms with Crippen molar-refractivity contribution in [2.75, 3.05) is 16.2 Å². The normalized spacial score (nSPS) is 19.0. The number of carboxylic acids is 1. The highest BCUT2D eigenvalue weighted by Gasteiger charge is 2.33. The van der Waals surface area contributed by atoms with Gasteiger partial charge in [-0.05, 0) is 25.0 Å². The monoisotopic (exact) mass is 334 g/mol. The van der Waals surface area contributed by atoms with E-state index in [4.69, 9.17) is 5.11 Å². The molecule has 2 heterocycles. The van der Waals surface area contributed by atoms with E-state index in [1.807, 2.05) is 0 Å². The second-order valence-corrected chi connectivity index (χ2v) is 8.98. The number of sulfonamides is 1. The molecule has 1 saturated heterocycles. The molecule has 0 saturated carbocycles. The molecule has 0 aromatic carbocycles. The van der Waals surface area contributed by atoms with Crippen molar-refractivity contribution in [1.82, 2.24) is 4.98 Å². The molecule has 8 nitrogen and oxygen atoms in total. The van der Waals surface area contributed by atoms with Gasteiger partial charge in [-0.15, -0.1) is 0 Å². The van der Waals surface area contributed by atoms with E-state index >= 15 is 0 Å². The van der Waals surface area contributed by atoms with Gasteiger partial charge in [0.15, 0.2) is 5.69 Å². The van der Waals surface area contributed by atoms with Gasteiger partial charge in [-0.2, -0.15) is 0 Å². The number of hydrogen-bond donors (Lipinski definition) is 2. The lowest BCUT2D eigenvalue weighted by Gasteiger charge is -2.22. The third kappa shape index (κ3) is 3.91. The summed E-state index contributed by atoms with van der Waals surface area (Å²) >= 11 is 0. The maximum atomic E-state index is 12.2. The maximum absolute atomic E-state index is 12.2. The van der Waals surface area contributed by atoms with Gasteiger partial charge < -0.3 is 5.11 Å². The first-order valence-corrected chi connectivity index (χ1v) is 9.49. The topological polar surface area (TPSA) is 130 Å². The van der Waals surface area contributed by atoms with Gasteiger partial charge >= 0.3 is 5.97 Å². The smallest absolute Gasteiger partial charge is 0.354 e. The van der Waals surface area contributed by atoms with E-state index in [2.05, 4.69) is 9.71 Å². The largest absolute Gasteiger partial charge is 0.477 e. The number of nitrogens with zero attached hydrogens (tertiary/aromatic N) is 1. The van der Waals surface area contributed by atoms with Crippen molar-refractivity contribution in [2.45, 2.75) is 18.1 Å². The SMILES string of the molecule is O=C(O)c1cccc(NS(=O)(=O)C2CCS(=O)(=O)CC2)n1. The third-order valence-corrected chi connectivity index (χ3v) is 6.71. The Morgan fingerprint density at radius 2 is 1.90 bits per heavy atom. The van der Waals surface area contributed by atoms with Crippen molar-refractivity contribution in [3.8, 4) is 0 Å². The molecule has 2 rings (SSSR count). The standard InChI is InChI=1S/C11H14N2O6S2/c14-11(15)9-2-1-3-10(12-9)13-21(18,19)8-4-6-20(16,17)7-5-8/h1-3,8H,4-7H2,(H,12,13)(H,14,15). The molecule has 0 aliphatic carbocycles. The Kier molecular flexibility index (Phi) is 4.19. The van der Waals surface area contributed by atoms with Crippen LogP contribution in [0, 0.1) is 0 Å². The van der Waals surface area contributed by atoms with Gasteiger partial charge in [0.2, 0.25) is 10.0 Å². The molecule has 10 heteroatoms. The van der Waals surface area contributed by atoms with Crippen LogP contribution in [0.25, 0.3) is 0 Å². The Bertz CT molecular complexity index is 743. The molecular weight excluding hydrogens is 320 g/mol. The Labute approximate surface area is 122 Å². The molecular formula is C11H14N2O6S2. The number of aromatic carboxylic acids is 1. The fourth-order valence-electron chi connectivity index (χ4n) is 2.02.